The van der Waals surface area contributed by atoms with Gasteiger partial charge in [-0.2, -0.15) is 0 Å². The Balaban J connectivity index is 3.89. The van der Waals surface area contributed by atoms with Gasteiger partial charge in [0.1, 0.15) is 5.62 Å². The van der Waals surface area contributed by atoms with E-state index in [-0.39, 0.29) is 24.9 Å². The lowest BCUT2D eigenvalue weighted by Gasteiger charge is -2.18. The van der Waals surface area contributed by atoms with Crippen LogP contribution in [0, 0.1) is 0 Å². The summed E-state index contributed by atoms with van der Waals surface area (Å²) in [6.07, 6.45) is 0.251. The molecule has 0 amide bonds. The van der Waals surface area contributed by atoms with Crippen molar-refractivity contribution < 1.29 is 18.7 Å². The van der Waals surface area contributed by atoms with Crippen molar-refractivity contribution in [2.45, 2.75) is 26.4 Å². The molecular formula is C7H16ClO4P. The molecule has 0 unspecified atom stereocenters. The quantitative estimate of drug-likeness (QED) is 0.414. The van der Waals surface area contributed by atoms with Crippen molar-refractivity contribution in [1.82, 2.24) is 0 Å². The standard InChI is InChI=1S/C7H16ClO4P/c1-7(2)12-13(10,6-8)11-5-3-4-9/h7,9H,3-6H2,1-2H3/t13-/m0/s1. The maximum absolute atomic E-state index is 11.6. The summed E-state index contributed by atoms with van der Waals surface area (Å²) in [5.41, 5.74) is -0.156. The van der Waals surface area contributed by atoms with E-state index in [0.717, 1.165) is 0 Å². The number of aliphatic hydroxyl groups excluding tert-OH is 1. The molecule has 0 aliphatic rings. The molecule has 6 heteroatoms. The second kappa shape index (κ2) is 6.80. The number of hydrogen-bond donors (Lipinski definition) is 1. The molecule has 0 radical (unpaired) electrons. The van der Waals surface area contributed by atoms with Crippen LogP contribution in [0.25, 0.3) is 0 Å². The lowest BCUT2D eigenvalue weighted by atomic mass is 10.5. The fourth-order valence-electron chi connectivity index (χ4n) is 0.682. The van der Waals surface area contributed by atoms with Gasteiger partial charge < -0.3 is 14.2 Å². The van der Waals surface area contributed by atoms with Crippen LogP contribution in [0.15, 0.2) is 0 Å². The summed E-state index contributed by atoms with van der Waals surface area (Å²) in [5.74, 6) is 0. The summed E-state index contributed by atoms with van der Waals surface area (Å²) in [4.78, 5) is 0. The number of halogens is 1. The highest BCUT2D eigenvalue weighted by atomic mass is 35.5. The van der Waals surface area contributed by atoms with Gasteiger partial charge in [-0.3, -0.25) is 4.57 Å². The first kappa shape index (κ1) is 13.4. The van der Waals surface area contributed by atoms with Crippen LogP contribution in [0.1, 0.15) is 20.3 Å². The van der Waals surface area contributed by atoms with E-state index in [1.165, 1.54) is 0 Å². The molecule has 0 saturated heterocycles. The predicted molar refractivity (Wildman–Crippen MR) is 52.2 cm³/mol. The molecule has 0 rings (SSSR count). The first-order valence-electron chi connectivity index (χ1n) is 4.13. The predicted octanol–water partition coefficient (Wildman–Crippen LogP) is 2.20. The van der Waals surface area contributed by atoms with Crippen molar-refractivity contribution in [3.8, 4) is 0 Å². The van der Waals surface area contributed by atoms with Crippen LogP contribution in [-0.2, 0) is 13.6 Å². The van der Waals surface area contributed by atoms with E-state index in [0.29, 0.717) is 6.42 Å². The number of hydrogen-bond acceptors (Lipinski definition) is 4. The van der Waals surface area contributed by atoms with Gasteiger partial charge in [-0.05, 0) is 20.3 Å². The molecule has 0 heterocycles. The summed E-state index contributed by atoms with van der Waals surface area (Å²) < 4.78 is 21.6. The summed E-state index contributed by atoms with van der Waals surface area (Å²) in [7, 11) is -3.13. The highest BCUT2D eigenvalue weighted by molar-refractivity contribution is 7.55. The van der Waals surface area contributed by atoms with Crippen LogP contribution in [0.2, 0.25) is 0 Å². The molecule has 0 aromatic heterocycles. The average molecular weight is 231 g/mol. The number of aliphatic hydroxyl groups is 1. The minimum absolute atomic E-state index is 0.00393. The van der Waals surface area contributed by atoms with Crippen LogP contribution >= 0.6 is 19.2 Å². The Labute approximate surface area is 83.7 Å². The minimum Gasteiger partial charge on any atom is -0.396 e. The van der Waals surface area contributed by atoms with Gasteiger partial charge in [0, 0.05) is 6.61 Å². The Bertz CT molecular complexity index is 174. The summed E-state index contributed by atoms with van der Waals surface area (Å²) in [5, 5.41) is 8.47. The van der Waals surface area contributed by atoms with E-state index >= 15 is 0 Å². The first-order chi connectivity index (χ1) is 6.04. The zero-order valence-electron chi connectivity index (χ0n) is 7.90. The monoisotopic (exact) mass is 230 g/mol. The van der Waals surface area contributed by atoms with Gasteiger partial charge in [-0.1, -0.05) is 0 Å². The van der Waals surface area contributed by atoms with Gasteiger partial charge in [0.15, 0.2) is 0 Å². The highest BCUT2D eigenvalue weighted by Crippen LogP contribution is 2.50. The van der Waals surface area contributed by atoms with Gasteiger partial charge in [0.05, 0.1) is 12.7 Å². The van der Waals surface area contributed by atoms with Gasteiger partial charge in [-0.15, -0.1) is 11.6 Å². The van der Waals surface area contributed by atoms with E-state index in [2.05, 4.69) is 0 Å². The van der Waals surface area contributed by atoms with Crippen LogP contribution in [-0.4, -0.2) is 30.0 Å². The zero-order chi connectivity index (χ0) is 10.3. The van der Waals surface area contributed by atoms with Gasteiger partial charge in [-0.25, -0.2) is 0 Å². The van der Waals surface area contributed by atoms with Crippen molar-refractivity contribution in [3.05, 3.63) is 0 Å². The van der Waals surface area contributed by atoms with E-state index in [4.69, 9.17) is 25.8 Å². The maximum atomic E-state index is 11.6. The normalized spacial score (nSPS) is 16.1. The fraction of sp³-hybridized carbons (Fsp3) is 1.00. The third-order valence-electron chi connectivity index (χ3n) is 1.11. The third kappa shape index (κ3) is 6.47. The van der Waals surface area contributed by atoms with Crippen molar-refractivity contribution in [3.63, 3.8) is 0 Å². The van der Waals surface area contributed by atoms with Gasteiger partial charge >= 0.3 is 7.60 Å². The minimum atomic E-state index is -3.13. The first-order valence-corrected chi connectivity index (χ1v) is 6.39. The molecule has 80 valence electrons. The Hall–Kier alpha value is 0.400. The molecule has 0 aliphatic heterocycles. The van der Waals surface area contributed by atoms with Crippen molar-refractivity contribution in [1.29, 1.82) is 0 Å². The molecule has 0 bridgehead atoms. The van der Waals surface area contributed by atoms with E-state index in [1.807, 2.05) is 0 Å². The second-order valence-electron chi connectivity index (χ2n) is 2.79. The SMILES string of the molecule is CC(C)O[P@](=O)(CCl)OCCCO. The Morgan fingerprint density at radius 1 is 1.54 bits per heavy atom. The molecule has 0 saturated carbocycles. The molecule has 0 aromatic rings. The molecule has 1 atom stereocenters. The largest absolute Gasteiger partial charge is 0.396 e. The Kier molecular flexibility index (Phi) is 7.00. The topological polar surface area (TPSA) is 55.8 Å². The molecule has 0 fully saturated rings. The van der Waals surface area contributed by atoms with E-state index in [1.54, 1.807) is 13.8 Å². The maximum Gasteiger partial charge on any atom is 0.345 e. The fourth-order valence-corrected chi connectivity index (χ4v) is 2.29. The zero-order valence-corrected chi connectivity index (χ0v) is 9.55. The van der Waals surface area contributed by atoms with Crippen LogP contribution in [0.3, 0.4) is 0 Å². The molecular weight excluding hydrogens is 214 g/mol. The highest BCUT2D eigenvalue weighted by Gasteiger charge is 2.24. The average Bonchev–Trinajstić information content (AvgIpc) is 2.04. The van der Waals surface area contributed by atoms with Gasteiger partial charge in [0.25, 0.3) is 0 Å². The van der Waals surface area contributed by atoms with Crippen LogP contribution in [0.4, 0.5) is 0 Å². The Morgan fingerprint density at radius 2 is 2.15 bits per heavy atom. The summed E-state index contributed by atoms with van der Waals surface area (Å²) in [6, 6.07) is 0. The molecule has 13 heavy (non-hydrogen) atoms. The lowest BCUT2D eigenvalue weighted by molar-refractivity contribution is 0.160. The van der Waals surface area contributed by atoms with Gasteiger partial charge in [0.2, 0.25) is 0 Å². The van der Waals surface area contributed by atoms with Crippen molar-refractivity contribution in [2.24, 2.45) is 0 Å². The lowest BCUT2D eigenvalue weighted by Crippen LogP contribution is -2.05. The molecule has 1 N–H and O–H groups in total. The van der Waals surface area contributed by atoms with E-state index < -0.39 is 7.60 Å². The van der Waals surface area contributed by atoms with Crippen molar-refractivity contribution in [2.75, 3.05) is 18.8 Å². The Morgan fingerprint density at radius 3 is 2.54 bits per heavy atom. The second-order valence-corrected chi connectivity index (χ2v) is 5.44. The third-order valence-corrected chi connectivity index (χ3v) is 3.60. The molecule has 0 aromatic carbocycles. The van der Waals surface area contributed by atoms with Crippen molar-refractivity contribution >= 4 is 19.2 Å². The smallest absolute Gasteiger partial charge is 0.345 e. The molecule has 0 aliphatic carbocycles. The van der Waals surface area contributed by atoms with E-state index in [9.17, 15) is 4.57 Å². The summed E-state index contributed by atoms with van der Waals surface area (Å²) in [6.45, 7) is 3.72. The molecule has 4 nitrogen and oxygen atoms in total. The summed E-state index contributed by atoms with van der Waals surface area (Å²) >= 11 is 5.46. The van der Waals surface area contributed by atoms with Crippen LogP contribution < -0.4 is 0 Å². The number of rotatable bonds is 7. The van der Waals surface area contributed by atoms with Crippen LogP contribution in [0.5, 0.6) is 0 Å². The molecule has 0 spiro atoms. The number of alkyl halides is 1.